The highest BCUT2D eigenvalue weighted by Crippen LogP contribution is 2.33. The highest BCUT2D eigenvalue weighted by atomic mass is 19.4. The smallest absolute Gasteiger partial charge is 0.424 e. The summed E-state index contributed by atoms with van der Waals surface area (Å²) in [6.07, 6.45) is -5.38. The van der Waals surface area contributed by atoms with E-state index in [9.17, 15) is 22.8 Å². The first-order chi connectivity index (χ1) is 6.25. The van der Waals surface area contributed by atoms with Crippen LogP contribution >= 0.6 is 0 Å². The number of hydrogen-bond donors (Lipinski definition) is 0. The van der Waals surface area contributed by atoms with Gasteiger partial charge in [-0.1, -0.05) is 0 Å². The van der Waals surface area contributed by atoms with Crippen molar-refractivity contribution in [2.75, 3.05) is 0 Å². The van der Waals surface area contributed by atoms with E-state index in [1.54, 1.807) is 0 Å². The number of hydrogen-bond acceptors (Lipinski definition) is 3. The maximum Gasteiger partial charge on any atom is 0.424 e. The molecule has 6 heteroatoms. The van der Waals surface area contributed by atoms with Gasteiger partial charge in [0.25, 0.3) is 5.43 Å². The number of alkyl halides is 3. The molecule has 0 amide bonds. The van der Waals surface area contributed by atoms with Gasteiger partial charge in [0.05, 0.1) is 6.10 Å². The van der Waals surface area contributed by atoms with Gasteiger partial charge in [0.1, 0.15) is 0 Å². The molecule has 78 valence electrons. The zero-order chi connectivity index (χ0) is 11.1. The lowest BCUT2D eigenvalue weighted by Gasteiger charge is -2.16. The van der Waals surface area contributed by atoms with E-state index in [0.29, 0.717) is 0 Å². The Kier molecular flexibility index (Phi) is 2.39. The Morgan fingerprint density at radius 3 is 2.00 bits per heavy atom. The Labute approximate surface area is 76.8 Å². The highest BCUT2D eigenvalue weighted by Gasteiger charge is 2.43. The molecule has 0 aliphatic carbocycles. The molecule has 14 heavy (non-hydrogen) atoms. The summed E-state index contributed by atoms with van der Waals surface area (Å²) in [6, 6.07) is 0. The SMILES string of the molecule is CC(C)Oc1c(C(F)(F)F)c(=O)c1=O. The summed E-state index contributed by atoms with van der Waals surface area (Å²) in [5.41, 5.74) is -4.20. The maximum atomic E-state index is 12.1. The van der Waals surface area contributed by atoms with Crippen LogP contribution in [0.5, 0.6) is 5.75 Å². The second-order valence-electron chi connectivity index (χ2n) is 3.03. The summed E-state index contributed by atoms with van der Waals surface area (Å²) in [5.74, 6) is -0.863. The first-order valence-corrected chi connectivity index (χ1v) is 3.82. The molecule has 0 aromatic heterocycles. The van der Waals surface area contributed by atoms with E-state index in [4.69, 9.17) is 0 Å². The van der Waals surface area contributed by atoms with Crippen LogP contribution in [0, 0.1) is 0 Å². The van der Waals surface area contributed by atoms with E-state index in [1.807, 2.05) is 0 Å². The van der Waals surface area contributed by atoms with Crippen LogP contribution in [-0.4, -0.2) is 6.10 Å². The van der Waals surface area contributed by atoms with Crippen molar-refractivity contribution in [1.29, 1.82) is 0 Å². The van der Waals surface area contributed by atoms with E-state index in [-0.39, 0.29) is 0 Å². The van der Waals surface area contributed by atoms with Gasteiger partial charge >= 0.3 is 6.18 Å². The van der Waals surface area contributed by atoms with Crippen molar-refractivity contribution >= 4 is 0 Å². The quantitative estimate of drug-likeness (QED) is 0.683. The Bertz CT molecular complexity index is 410. The summed E-state index contributed by atoms with van der Waals surface area (Å²) in [7, 11) is 0. The Balaban J connectivity index is 3.14. The maximum absolute atomic E-state index is 12.1. The second-order valence-corrected chi connectivity index (χ2v) is 3.03. The standard InChI is InChI=1S/C8H7F3O3/c1-3(2)14-7-4(8(9,10)11)5(12)6(7)13/h3H,1-2H3. The van der Waals surface area contributed by atoms with E-state index >= 15 is 0 Å². The van der Waals surface area contributed by atoms with Crippen molar-refractivity contribution in [2.24, 2.45) is 0 Å². The lowest BCUT2D eigenvalue weighted by Crippen LogP contribution is -2.41. The average Bonchev–Trinajstić information content (AvgIpc) is 1.99. The molecule has 0 spiro atoms. The van der Waals surface area contributed by atoms with Gasteiger partial charge in [-0.3, -0.25) is 9.59 Å². The second kappa shape index (κ2) is 3.11. The van der Waals surface area contributed by atoms with Crippen LogP contribution in [0.2, 0.25) is 0 Å². The molecule has 0 heterocycles. The van der Waals surface area contributed by atoms with Crippen LogP contribution in [0.1, 0.15) is 19.4 Å². The van der Waals surface area contributed by atoms with Gasteiger partial charge < -0.3 is 4.74 Å². The Morgan fingerprint density at radius 2 is 1.64 bits per heavy atom. The van der Waals surface area contributed by atoms with Gasteiger partial charge in [-0.05, 0) is 13.8 Å². The molecule has 0 unspecified atom stereocenters. The summed E-state index contributed by atoms with van der Waals surface area (Å²) in [5, 5.41) is 0. The van der Waals surface area contributed by atoms with Gasteiger partial charge in [-0.2, -0.15) is 13.2 Å². The van der Waals surface area contributed by atoms with E-state index in [1.165, 1.54) is 13.8 Å². The third-order valence-corrected chi connectivity index (χ3v) is 1.50. The largest absolute Gasteiger partial charge is 0.486 e. The highest BCUT2D eigenvalue weighted by molar-refractivity contribution is 5.41. The molecule has 0 aliphatic heterocycles. The van der Waals surface area contributed by atoms with Crippen molar-refractivity contribution in [2.45, 2.75) is 26.1 Å². The van der Waals surface area contributed by atoms with Crippen molar-refractivity contribution in [3.8, 4) is 5.75 Å². The van der Waals surface area contributed by atoms with Crippen LogP contribution in [0.15, 0.2) is 9.59 Å². The van der Waals surface area contributed by atoms with Gasteiger partial charge in [0.2, 0.25) is 5.43 Å². The van der Waals surface area contributed by atoms with Crippen molar-refractivity contribution in [1.82, 2.24) is 0 Å². The molecule has 0 saturated carbocycles. The lowest BCUT2D eigenvalue weighted by molar-refractivity contribution is -0.141. The zero-order valence-corrected chi connectivity index (χ0v) is 7.44. The Morgan fingerprint density at radius 1 is 1.14 bits per heavy atom. The van der Waals surface area contributed by atoms with E-state index in [2.05, 4.69) is 4.74 Å². The third kappa shape index (κ3) is 1.64. The molecule has 1 aromatic rings. The third-order valence-electron chi connectivity index (χ3n) is 1.50. The van der Waals surface area contributed by atoms with E-state index in [0.717, 1.165) is 0 Å². The summed E-state index contributed by atoms with van der Waals surface area (Å²) < 4.78 is 40.9. The lowest BCUT2D eigenvalue weighted by atomic mass is 10.1. The summed E-state index contributed by atoms with van der Waals surface area (Å²) >= 11 is 0. The average molecular weight is 208 g/mol. The normalized spacial score (nSPS) is 12.4. The number of rotatable bonds is 2. The molecule has 3 nitrogen and oxygen atoms in total. The predicted molar refractivity (Wildman–Crippen MR) is 42.1 cm³/mol. The number of ether oxygens (including phenoxy) is 1. The fourth-order valence-electron chi connectivity index (χ4n) is 0.976. The van der Waals surface area contributed by atoms with Crippen LogP contribution in [0.25, 0.3) is 0 Å². The van der Waals surface area contributed by atoms with E-state index < -0.39 is 34.5 Å². The van der Waals surface area contributed by atoms with Gasteiger partial charge in [-0.25, -0.2) is 0 Å². The first kappa shape index (κ1) is 10.7. The monoisotopic (exact) mass is 208 g/mol. The molecule has 0 saturated heterocycles. The molecule has 0 atom stereocenters. The molecular weight excluding hydrogens is 201 g/mol. The first-order valence-electron chi connectivity index (χ1n) is 3.82. The van der Waals surface area contributed by atoms with Crippen molar-refractivity contribution in [3.63, 3.8) is 0 Å². The van der Waals surface area contributed by atoms with Crippen molar-refractivity contribution < 1.29 is 17.9 Å². The van der Waals surface area contributed by atoms with Gasteiger partial charge in [0, 0.05) is 0 Å². The van der Waals surface area contributed by atoms with Crippen molar-refractivity contribution in [3.05, 3.63) is 26.0 Å². The zero-order valence-electron chi connectivity index (χ0n) is 7.44. The minimum absolute atomic E-state index is 0.570. The topological polar surface area (TPSA) is 43.4 Å². The predicted octanol–water partition coefficient (Wildman–Crippen LogP) is 1.09. The molecule has 0 N–H and O–H groups in total. The summed E-state index contributed by atoms with van der Waals surface area (Å²) in [6.45, 7) is 2.94. The fraction of sp³-hybridized carbons (Fsp3) is 0.500. The Hall–Kier alpha value is -1.33. The molecule has 0 aliphatic rings. The van der Waals surface area contributed by atoms with Crippen LogP contribution < -0.4 is 15.6 Å². The molecule has 0 bridgehead atoms. The molecule has 1 rings (SSSR count). The summed E-state index contributed by atoms with van der Waals surface area (Å²) in [4.78, 5) is 21.3. The molecule has 0 fully saturated rings. The fourth-order valence-corrected chi connectivity index (χ4v) is 0.976. The molecule has 1 aromatic carbocycles. The minimum atomic E-state index is -4.81. The minimum Gasteiger partial charge on any atom is -0.486 e. The van der Waals surface area contributed by atoms with Crippen LogP contribution in [0.3, 0.4) is 0 Å². The van der Waals surface area contributed by atoms with Gasteiger partial charge in [-0.15, -0.1) is 0 Å². The van der Waals surface area contributed by atoms with Crippen LogP contribution in [0.4, 0.5) is 13.2 Å². The molecular formula is C8H7F3O3. The molecule has 0 radical (unpaired) electrons. The number of halogens is 3. The van der Waals surface area contributed by atoms with Crippen LogP contribution in [-0.2, 0) is 6.18 Å². The van der Waals surface area contributed by atoms with Gasteiger partial charge in [0.15, 0.2) is 11.3 Å².